The molecule has 0 bridgehead atoms. The standard InChI is InChI=1S/C14H18BrN/c1-3-11-16-14(4-2)10-7-12-5-8-13(15)9-6-12/h1,5-6,8-9,14,16H,4,7,10-11H2,2H3. The molecule has 0 spiro atoms. The Morgan fingerprint density at radius 1 is 1.38 bits per heavy atom. The summed E-state index contributed by atoms with van der Waals surface area (Å²) in [5, 5.41) is 3.36. The normalized spacial score (nSPS) is 12.1. The van der Waals surface area contributed by atoms with Crippen molar-refractivity contribution >= 4 is 15.9 Å². The first-order valence-corrected chi connectivity index (χ1v) is 6.46. The van der Waals surface area contributed by atoms with Gasteiger partial charge in [0.05, 0.1) is 6.54 Å². The van der Waals surface area contributed by atoms with E-state index in [9.17, 15) is 0 Å². The second-order valence-electron chi connectivity index (χ2n) is 3.86. The highest BCUT2D eigenvalue weighted by atomic mass is 79.9. The van der Waals surface area contributed by atoms with Crippen LogP contribution in [0.3, 0.4) is 0 Å². The van der Waals surface area contributed by atoms with Gasteiger partial charge in [-0.25, -0.2) is 0 Å². The Bertz CT molecular complexity index is 337. The van der Waals surface area contributed by atoms with Crippen molar-refractivity contribution in [3.8, 4) is 12.3 Å². The number of terminal acetylenes is 1. The van der Waals surface area contributed by atoms with Gasteiger partial charge in [-0.2, -0.15) is 0 Å². The molecular formula is C14H18BrN. The molecule has 1 unspecified atom stereocenters. The largest absolute Gasteiger partial charge is 0.303 e. The van der Waals surface area contributed by atoms with E-state index in [1.165, 1.54) is 5.56 Å². The minimum atomic E-state index is 0.527. The van der Waals surface area contributed by atoms with Gasteiger partial charge in [0.25, 0.3) is 0 Å². The number of benzene rings is 1. The molecule has 0 fully saturated rings. The van der Waals surface area contributed by atoms with E-state index in [-0.39, 0.29) is 0 Å². The van der Waals surface area contributed by atoms with Crippen LogP contribution in [0.2, 0.25) is 0 Å². The predicted molar refractivity (Wildman–Crippen MR) is 73.4 cm³/mol. The van der Waals surface area contributed by atoms with Crippen LogP contribution in [-0.2, 0) is 6.42 Å². The Hall–Kier alpha value is -0.780. The Balaban J connectivity index is 2.37. The van der Waals surface area contributed by atoms with Crippen LogP contribution in [0.5, 0.6) is 0 Å². The Labute approximate surface area is 107 Å². The van der Waals surface area contributed by atoms with Crippen molar-refractivity contribution < 1.29 is 0 Å². The summed E-state index contributed by atoms with van der Waals surface area (Å²) in [6.45, 7) is 2.86. The van der Waals surface area contributed by atoms with Crippen molar-refractivity contribution in [2.75, 3.05) is 6.54 Å². The van der Waals surface area contributed by atoms with Gasteiger partial charge in [-0.1, -0.05) is 40.9 Å². The molecule has 0 heterocycles. The van der Waals surface area contributed by atoms with E-state index in [0.717, 1.165) is 23.7 Å². The topological polar surface area (TPSA) is 12.0 Å². The first-order valence-electron chi connectivity index (χ1n) is 5.67. The molecule has 1 atom stereocenters. The summed E-state index contributed by atoms with van der Waals surface area (Å²) < 4.78 is 1.13. The maximum Gasteiger partial charge on any atom is 0.0575 e. The van der Waals surface area contributed by atoms with Crippen molar-refractivity contribution in [3.05, 3.63) is 34.3 Å². The lowest BCUT2D eigenvalue weighted by molar-refractivity contribution is 0.494. The fourth-order valence-electron chi connectivity index (χ4n) is 1.65. The number of nitrogens with one attached hydrogen (secondary N) is 1. The monoisotopic (exact) mass is 279 g/mol. The molecule has 0 aliphatic rings. The summed E-state index contributed by atoms with van der Waals surface area (Å²) in [5.74, 6) is 2.62. The zero-order valence-corrected chi connectivity index (χ0v) is 11.3. The highest BCUT2D eigenvalue weighted by Crippen LogP contribution is 2.13. The Morgan fingerprint density at radius 3 is 2.62 bits per heavy atom. The minimum Gasteiger partial charge on any atom is -0.303 e. The van der Waals surface area contributed by atoms with E-state index >= 15 is 0 Å². The first kappa shape index (κ1) is 13.3. The fraction of sp³-hybridized carbons (Fsp3) is 0.429. The third kappa shape index (κ3) is 4.83. The van der Waals surface area contributed by atoms with Gasteiger partial charge in [0.2, 0.25) is 0 Å². The van der Waals surface area contributed by atoms with Gasteiger partial charge in [-0.05, 0) is 37.0 Å². The van der Waals surface area contributed by atoms with Gasteiger partial charge in [-0.3, -0.25) is 0 Å². The second-order valence-corrected chi connectivity index (χ2v) is 4.77. The minimum absolute atomic E-state index is 0.527. The molecular weight excluding hydrogens is 262 g/mol. The van der Waals surface area contributed by atoms with Crippen LogP contribution in [0.1, 0.15) is 25.3 Å². The van der Waals surface area contributed by atoms with E-state index in [1.807, 2.05) is 0 Å². The number of hydrogen-bond acceptors (Lipinski definition) is 1. The average molecular weight is 280 g/mol. The van der Waals surface area contributed by atoms with Crippen LogP contribution >= 0.6 is 15.9 Å². The zero-order chi connectivity index (χ0) is 11.8. The number of hydrogen-bond donors (Lipinski definition) is 1. The molecule has 1 rings (SSSR count). The van der Waals surface area contributed by atoms with E-state index in [2.05, 4.69) is 58.4 Å². The van der Waals surface area contributed by atoms with Crippen molar-refractivity contribution in [2.24, 2.45) is 0 Å². The maximum atomic E-state index is 5.24. The molecule has 1 nitrogen and oxygen atoms in total. The number of aryl methyl sites for hydroxylation is 1. The molecule has 1 N–H and O–H groups in total. The molecule has 0 aromatic heterocycles. The molecule has 0 aliphatic heterocycles. The van der Waals surface area contributed by atoms with Crippen LogP contribution in [-0.4, -0.2) is 12.6 Å². The van der Waals surface area contributed by atoms with Gasteiger partial charge >= 0.3 is 0 Å². The molecule has 1 aromatic carbocycles. The van der Waals surface area contributed by atoms with Crippen molar-refractivity contribution in [1.29, 1.82) is 0 Å². The van der Waals surface area contributed by atoms with Crippen LogP contribution in [0.25, 0.3) is 0 Å². The summed E-state index contributed by atoms with van der Waals surface area (Å²) in [4.78, 5) is 0. The van der Waals surface area contributed by atoms with Crippen molar-refractivity contribution in [3.63, 3.8) is 0 Å². The third-order valence-corrected chi connectivity index (χ3v) is 3.21. The molecule has 0 radical (unpaired) electrons. The highest BCUT2D eigenvalue weighted by molar-refractivity contribution is 9.10. The fourth-order valence-corrected chi connectivity index (χ4v) is 1.91. The second kappa shape index (κ2) is 7.49. The molecule has 0 saturated heterocycles. The molecule has 0 amide bonds. The number of halogens is 1. The molecule has 2 heteroatoms. The lowest BCUT2D eigenvalue weighted by Gasteiger charge is -2.15. The summed E-state index contributed by atoms with van der Waals surface area (Å²) in [6, 6.07) is 9.03. The lowest BCUT2D eigenvalue weighted by atomic mass is 10.0. The maximum absolute atomic E-state index is 5.24. The quantitative estimate of drug-likeness (QED) is 0.788. The molecule has 1 aromatic rings. The van der Waals surface area contributed by atoms with Crippen LogP contribution in [0.15, 0.2) is 28.7 Å². The lowest BCUT2D eigenvalue weighted by Crippen LogP contribution is -2.29. The van der Waals surface area contributed by atoms with E-state index in [4.69, 9.17) is 6.42 Å². The van der Waals surface area contributed by atoms with Crippen LogP contribution in [0.4, 0.5) is 0 Å². The Morgan fingerprint density at radius 2 is 2.06 bits per heavy atom. The average Bonchev–Trinajstić information content (AvgIpc) is 2.32. The molecule has 86 valence electrons. The zero-order valence-electron chi connectivity index (χ0n) is 9.67. The van der Waals surface area contributed by atoms with E-state index in [0.29, 0.717) is 12.6 Å². The molecule has 16 heavy (non-hydrogen) atoms. The van der Waals surface area contributed by atoms with Crippen LogP contribution in [0, 0.1) is 12.3 Å². The predicted octanol–water partition coefficient (Wildman–Crippen LogP) is 3.38. The molecule has 0 aliphatic carbocycles. The summed E-state index contributed by atoms with van der Waals surface area (Å²) in [6.07, 6.45) is 8.60. The summed E-state index contributed by atoms with van der Waals surface area (Å²) in [7, 11) is 0. The number of rotatable bonds is 6. The smallest absolute Gasteiger partial charge is 0.0575 e. The van der Waals surface area contributed by atoms with Gasteiger partial charge in [0.15, 0.2) is 0 Å². The van der Waals surface area contributed by atoms with E-state index in [1.54, 1.807) is 0 Å². The van der Waals surface area contributed by atoms with Crippen LogP contribution < -0.4 is 5.32 Å². The SMILES string of the molecule is C#CCNC(CC)CCc1ccc(Br)cc1. The van der Waals surface area contributed by atoms with Gasteiger partial charge in [0, 0.05) is 10.5 Å². The Kier molecular flexibility index (Phi) is 6.22. The summed E-state index contributed by atoms with van der Waals surface area (Å²) >= 11 is 3.44. The van der Waals surface area contributed by atoms with Gasteiger partial charge in [-0.15, -0.1) is 6.42 Å². The third-order valence-electron chi connectivity index (χ3n) is 2.68. The van der Waals surface area contributed by atoms with Crippen molar-refractivity contribution in [2.45, 2.75) is 32.2 Å². The highest BCUT2D eigenvalue weighted by Gasteiger charge is 2.04. The first-order chi connectivity index (χ1) is 7.76. The summed E-state index contributed by atoms with van der Waals surface area (Å²) in [5.41, 5.74) is 1.38. The van der Waals surface area contributed by atoms with Gasteiger partial charge < -0.3 is 5.32 Å². The van der Waals surface area contributed by atoms with Crippen molar-refractivity contribution in [1.82, 2.24) is 5.32 Å². The van der Waals surface area contributed by atoms with E-state index < -0.39 is 0 Å². The van der Waals surface area contributed by atoms with Gasteiger partial charge in [0.1, 0.15) is 0 Å². The molecule has 0 saturated carbocycles.